The van der Waals surface area contributed by atoms with Crippen molar-refractivity contribution < 1.29 is 31.9 Å². The van der Waals surface area contributed by atoms with E-state index in [4.69, 9.17) is 5.73 Å². The molecular weight excluding hydrogens is 499 g/mol. The van der Waals surface area contributed by atoms with Gasteiger partial charge in [0.15, 0.2) is 11.6 Å². The quantitative estimate of drug-likeness (QED) is 0.407. The summed E-state index contributed by atoms with van der Waals surface area (Å²) in [6.07, 6.45) is -1.50. The van der Waals surface area contributed by atoms with Crippen molar-refractivity contribution in [1.82, 2.24) is 14.9 Å². The third-order valence-corrected chi connectivity index (χ3v) is 6.74. The second kappa shape index (κ2) is 11.1. The molecule has 13 heteroatoms. The number of likely N-dealkylation sites (tertiary alicyclic amines) is 1. The molecule has 2 heterocycles. The molecule has 1 aromatic carbocycles. The molecule has 1 aliphatic heterocycles. The zero-order chi connectivity index (χ0) is 26.7. The lowest BCUT2D eigenvalue weighted by Gasteiger charge is -2.35. The van der Waals surface area contributed by atoms with E-state index in [1.165, 1.54) is 6.33 Å². The summed E-state index contributed by atoms with van der Waals surface area (Å²) in [6.45, 7) is 1.22. The van der Waals surface area contributed by atoms with Crippen molar-refractivity contribution >= 4 is 17.5 Å². The maximum absolute atomic E-state index is 15.4. The van der Waals surface area contributed by atoms with E-state index in [0.717, 1.165) is 25.0 Å². The molecule has 4 N–H and O–H groups in total. The standard InChI is InChI=1S/C24H29F5N6O2/c25-18-9-16(24(27,28)29)2-1-15(18)10-35(17-3-4-17)23-21(26)22(32-13-33-23)31-7-5-14-6-8-34(11-19(14)36)12-20(30)37/h1-2,9,13-14,17,19,36H,3-8,10-12H2,(H2,30,37)(H,31,32,33)/t14-,19-/m0/s1. The van der Waals surface area contributed by atoms with Crippen molar-refractivity contribution in [3.63, 3.8) is 0 Å². The Morgan fingerprint density at radius 2 is 1.97 bits per heavy atom. The van der Waals surface area contributed by atoms with E-state index in [1.807, 2.05) is 0 Å². The van der Waals surface area contributed by atoms with Crippen LogP contribution >= 0.6 is 0 Å². The van der Waals surface area contributed by atoms with Gasteiger partial charge in [0, 0.05) is 31.2 Å². The number of amides is 1. The normalized spacial score (nSPS) is 20.6. The van der Waals surface area contributed by atoms with Crippen molar-refractivity contribution in [2.24, 2.45) is 11.7 Å². The fourth-order valence-corrected chi connectivity index (χ4v) is 4.60. The van der Waals surface area contributed by atoms with E-state index < -0.39 is 35.4 Å². The van der Waals surface area contributed by atoms with Gasteiger partial charge in [0.1, 0.15) is 12.1 Å². The van der Waals surface area contributed by atoms with Crippen LogP contribution in [-0.2, 0) is 17.5 Å². The number of β-amino-alcohol motifs (C(OH)–C–C–N with tert-alkyl or cyclic N) is 1. The molecule has 0 unspecified atom stereocenters. The Morgan fingerprint density at radius 3 is 2.59 bits per heavy atom. The average molecular weight is 529 g/mol. The van der Waals surface area contributed by atoms with Gasteiger partial charge in [-0.25, -0.2) is 14.4 Å². The predicted molar refractivity (Wildman–Crippen MR) is 125 cm³/mol. The first-order chi connectivity index (χ1) is 17.5. The van der Waals surface area contributed by atoms with Gasteiger partial charge in [-0.3, -0.25) is 9.69 Å². The molecule has 2 aliphatic rings. The van der Waals surface area contributed by atoms with E-state index >= 15 is 4.39 Å². The number of aromatic nitrogens is 2. The van der Waals surface area contributed by atoms with Crippen LogP contribution in [0.2, 0.25) is 0 Å². The highest BCUT2D eigenvalue weighted by atomic mass is 19.4. The van der Waals surface area contributed by atoms with Crippen LogP contribution < -0.4 is 16.0 Å². The van der Waals surface area contributed by atoms with Crippen LogP contribution in [0, 0.1) is 17.6 Å². The lowest BCUT2D eigenvalue weighted by atomic mass is 9.91. The molecule has 1 amide bonds. The van der Waals surface area contributed by atoms with Crippen LogP contribution in [-0.4, -0.2) is 64.2 Å². The summed E-state index contributed by atoms with van der Waals surface area (Å²) in [4.78, 5) is 22.4. The van der Waals surface area contributed by atoms with Gasteiger partial charge in [0.25, 0.3) is 0 Å². The number of nitrogens with zero attached hydrogens (tertiary/aromatic N) is 4. The Hall–Kier alpha value is -3.06. The lowest BCUT2D eigenvalue weighted by molar-refractivity contribution is -0.137. The van der Waals surface area contributed by atoms with Crippen LogP contribution in [0.4, 0.5) is 33.6 Å². The fraction of sp³-hybridized carbons (Fsp3) is 0.542. The number of halogens is 5. The van der Waals surface area contributed by atoms with Gasteiger partial charge in [0.2, 0.25) is 11.7 Å². The Kier molecular flexibility index (Phi) is 8.12. The van der Waals surface area contributed by atoms with E-state index in [-0.39, 0.29) is 42.2 Å². The van der Waals surface area contributed by atoms with E-state index in [0.29, 0.717) is 38.5 Å². The number of nitrogens with two attached hydrogens (primary N) is 1. The van der Waals surface area contributed by atoms with Crippen LogP contribution in [0.5, 0.6) is 0 Å². The molecule has 2 aromatic rings. The number of anilines is 2. The SMILES string of the molecule is NC(=O)CN1CC[C@H](CCNc2ncnc(N(Cc3ccc(C(F)(F)F)cc3F)C3CC3)c2F)[C@@H](O)C1. The molecule has 0 bridgehead atoms. The minimum absolute atomic E-state index is 0.00378. The molecule has 4 rings (SSSR count). The number of benzene rings is 1. The summed E-state index contributed by atoms with van der Waals surface area (Å²) in [5, 5.41) is 13.3. The summed E-state index contributed by atoms with van der Waals surface area (Å²) < 4.78 is 68.5. The molecule has 2 fully saturated rings. The van der Waals surface area contributed by atoms with Gasteiger partial charge in [-0.2, -0.15) is 17.6 Å². The van der Waals surface area contributed by atoms with Gasteiger partial charge in [-0.05, 0) is 50.3 Å². The minimum atomic E-state index is -4.66. The molecule has 1 saturated heterocycles. The molecule has 202 valence electrons. The number of alkyl halides is 3. The van der Waals surface area contributed by atoms with Crippen molar-refractivity contribution in [3.05, 3.63) is 47.3 Å². The van der Waals surface area contributed by atoms with Crippen LogP contribution in [0.3, 0.4) is 0 Å². The second-order valence-electron chi connectivity index (χ2n) is 9.56. The maximum Gasteiger partial charge on any atom is 0.416 e. The molecular formula is C24H29F5N6O2. The fourth-order valence-electron chi connectivity index (χ4n) is 4.60. The molecule has 2 atom stereocenters. The highest BCUT2D eigenvalue weighted by molar-refractivity contribution is 5.75. The van der Waals surface area contributed by atoms with Gasteiger partial charge in [-0.1, -0.05) is 6.07 Å². The first-order valence-electron chi connectivity index (χ1n) is 12.1. The number of piperidine rings is 1. The van der Waals surface area contributed by atoms with Crippen molar-refractivity contribution in [2.75, 3.05) is 36.4 Å². The predicted octanol–water partition coefficient (Wildman–Crippen LogP) is 2.91. The molecule has 8 nitrogen and oxygen atoms in total. The first kappa shape index (κ1) is 27.0. The summed E-state index contributed by atoms with van der Waals surface area (Å²) >= 11 is 0. The monoisotopic (exact) mass is 528 g/mol. The highest BCUT2D eigenvalue weighted by Gasteiger charge is 2.35. The van der Waals surface area contributed by atoms with Crippen LogP contribution in [0.1, 0.15) is 36.8 Å². The topological polar surface area (TPSA) is 108 Å². The number of rotatable bonds is 10. The van der Waals surface area contributed by atoms with Gasteiger partial charge < -0.3 is 21.1 Å². The number of primary amides is 1. The third-order valence-electron chi connectivity index (χ3n) is 6.74. The van der Waals surface area contributed by atoms with Crippen molar-refractivity contribution in [1.29, 1.82) is 0 Å². The largest absolute Gasteiger partial charge is 0.416 e. The number of hydrogen-bond donors (Lipinski definition) is 3. The molecule has 1 aromatic heterocycles. The Labute approximate surface area is 210 Å². The lowest BCUT2D eigenvalue weighted by Crippen LogP contribution is -2.47. The molecule has 0 spiro atoms. The van der Waals surface area contributed by atoms with E-state index in [9.17, 15) is 27.5 Å². The van der Waals surface area contributed by atoms with Gasteiger partial charge in [-0.15, -0.1) is 0 Å². The Morgan fingerprint density at radius 1 is 1.22 bits per heavy atom. The van der Waals surface area contributed by atoms with Crippen molar-refractivity contribution in [3.8, 4) is 0 Å². The number of aliphatic hydroxyl groups excluding tert-OH is 1. The maximum atomic E-state index is 15.4. The van der Waals surface area contributed by atoms with Gasteiger partial charge >= 0.3 is 6.18 Å². The number of aliphatic hydroxyl groups is 1. The number of hydrogen-bond acceptors (Lipinski definition) is 7. The zero-order valence-corrected chi connectivity index (χ0v) is 20.0. The minimum Gasteiger partial charge on any atom is -0.392 e. The molecule has 1 saturated carbocycles. The summed E-state index contributed by atoms with van der Waals surface area (Å²) in [5.41, 5.74) is 4.12. The Bertz CT molecular complexity index is 1110. The van der Waals surface area contributed by atoms with Crippen LogP contribution in [0.15, 0.2) is 24.5 Å². The smallest absolute Gasteiger partial charge is 0.392 e. The zero-order valence-electron chi connectivity index (χ0n) is 20.0. The number of carbonyl (C=O) groups is 1. The highest BCUT2D eigenvalue weighted by Crippen LogP contribution is 2.36. The second-order valence-corrected chi connectivity index (χ2v) is 9.56. The van der Waals surface area contributed by atoms with E-state index in [1.54, 1.807) is 9.80 Å². The van der Waals surface area contributed by atoms with Gasteiger partial charge in [0.05, 0.1) is 18.2 Å². The third kappa shape index (κ3) is 6.83. The van der Waals surface area contributed by atoms with Crippen molar-refractivity contribution in [2.45, 2.75) is 50.6 Å². The molecule has 0 radical (unpaired) electrons. The summed E-state index contributed by atoms with van der Waals surface area (Å²) in [6, 6.07) is 2.20. The molecule has 37 heavy (non-hydrogen) atoms. The average Bonchev–Trinajstić information content (AvgIpc) is 3.65. The summed E-state index contributed by atoms with van der Waals surface area (Å²) in [5.74, 6) is -2.37. The van der Waals surface area contributed by atoms with Crippen LogP contribution in [0.25, 0.3) is 0 Å². The number of nitrogens with one attached hydrogen (secondary N) is 1. The molecule has 1 aliphatic carbocycles. The summed E-state index contributed by atoms with van der Waals surface area (Å²) in [7, 11) is 0. The number of carbonyl (C=O) groups excluding carboxylic acids is 1. The first-order valence-corrected chi connectivity index (χ1v) is 12.1. The Balaban J connectivity index is 1.40. The van der Waals surface area contributed by atoms with E-state index in [2.05, 4.69) is 15.3 Å².